The summed E-state index contributed by atoms with van der Waals surface area (Å²) in [6, 6.07) is 19.6. The summed E-state index contributed by atoms with van der Waals surface area (Å²) in [5.41, 5.74) is 3.90. The molecule has 0 amide bonds. The molecule has 0 aliphatic carbocycles. The zero-order chi connectivity index (χ0) is 19.9. The number of benzene rings is 3. The second kappa shape index (κ2) is 9.76. The lowest BCUT2D eigenvalue weighted by molar-refractivity contribution is 0.267. The molecule has 0 N–H and O–H groups in total. The van der Waals surface area contributed by atoms with Crippen molar-refractivity contribution in [2.75, 3.05) is 6.61 Å². The highest BCUT2D eigenvalue weighted by atomic mass is 79.9. The summed E-state index contributed by atoms with van der Waals surface area (Å²) in [6.45, 7) is 4.97. The maximum absolute atomic E-state index is 6.08. The number of hydrogen-bond acceptors (Lipinski definition) is 3. The van der Waals surface area contributed by atoms with E-state index in [4.69, 9.17) is 21.1 Å². The molecule has 0 atom stereocenters. The smallest absolute Gasteiger partial charge is 0.175 e. The van der Waals surface area contributed by atoms with Gasteiger partial charge in [0, 0.05) is 11.2 Å². The van der Waals surface area contributed by atoms with Gasteiger partial charge in [0.2, 0.25) is 0 Å². The van der Waals surface area contributed by atoms with Crippen LogP contribution in [-0.2, 0) is 6.61 Å². The minimum Gasteiger partial charge on any atom is -0.490 e. The van der Waals surface area contributed by atoms with E-state index in [1.54, 1.807) is 6.21 Å². The van der Waals surface area contributed by atoms with Gasteiger partial charge in [-0.25, -0.2) is 0 Å². The predicted molar refractivity (Wildman–Crippen MR) is 120 cm³/mol. The first-order valence-electron chi connectivity index (χ1n) is 9.00. The Kier molecular flexibility index (Phi) is 7.12. The first kappa shape index (κ1) is 20.4. The zero-order valence-corrected chi connectivity index (χ0v) is 18.1. The molecule has 5 heteroatoms. The van der Waals surface area contributed by atoms with Crippen molar-refractivity contribution in [1.82, 2.24) is 0 Å². The molecule has 0 bridgehead atoms. The lowest BCUT2D eigenvalue weighted by Gasteiger charge is -2.14. The number of aryl methyl sites for hydroxylation is 1. The first-order valence-corrected chi connectivity index (χ1v) is 10.2. The van der Waals surface area contributed by atoms with Gasteiger partial charge in [-0.15, -0.1) is 0 Å². The highest BCUT2D eigenvalue weighted by Crippen LogP contribution is 2.37. The van der Waals surface area contributed by atoms with Crippen LogP contribution < -0.4 is 9.47 Å². The number of ether oxygens (including phenoxy) is 2. The summed E-state index contributed by atoms with van der Waals surface area (Å²) in [5.74, 6) is 1.36. The Morgan fingerprint density at radius 3 is 2.57 bits per heavy atom. The van der Waals surface area contributed by atoms with Crippen LogP contribution in [0.1, 0.15) is 23.6 Å². The third kappa shape index (κ3) is 5.37. The molecule has 3 nitrogen and oxygen atoms in total. The molecular formula is C23H21BrClNO2. The van der Waals surface area contributed by atoms with Gasteiger partial charge in [0.05, 0.1) is 16.8 Å². The van der Waals surface area contributed by atoms with Crippen LogP contribution in [0.3, 0.4) is 0 Å². The Hall–Kier alpha value is -2.30. The zero-order valence-electron chi connectivity index (χ0n) is 15.8. The normalized spacial score (nSPS) is 11.0. The quantitative estimate of drug-likeness (QED) is 0.352. The summed E-state index contributed by atoms with van der Waals surface area (Å²) in [6.07, 6.45) is 1.80. The van der Waals surface area contributed by atoms with Crippen LogP contribution in [0.25, 0.3) is 0 Å². The molecule has 3 rings (SSSR count). The Morgan fingerprint density at radius 1 is 1.04 bits per heavy atom. The Labute approximate surface area is 179 Å². The van der Waals surface area contributed by atoms with Gasteiger partial charge in [0.25, 0.3) is 0 Å². The summed E-state index contributed by atoms with van der Waals surface area (Å²) >= 11 is 9.68. The van der Waals surface area contributed by atoms with Crippen LogP contribution in [0.15, 0.2) is 70.1 Å². The average Bonchev–Trinajstić information content (AvgIpc) is 2.69. The standard InChI is InChI=1S/C23H21BrClNO2/c1-3-27-22-12-18(14-26-21-13-19(25)10-9-16(21)2)11-20(24)23(22)28-15-17-7-5-4-6-8-17/h4-14H,3,15H2,1-2H3. The number of aliphatic imine (C=N–C) groups is 1. The number of rotatable bonds is 7. The van der Waals surface area contributed by atoms with Crippen LogP contribution in [0.4, 0.5) is 5.69 Å². The molecular weight excluding hydrogens is 438 g/mol. The van der Waals surface area contributed by atoms with Gasteiger partial charge in [-0.05, 0) is 70.7 Å². The summed E-state index contributed by atoms with van der Waals surface area (Å²) in [7, 11) is 0. The minimum atomic E-state index is 0.467. The molecule has 3 aromatic rings. The molecule has 0 unspecified atom stereocenters. The molecule has 0 fully saturated rings. The van der Waals surface area contributed by atoms with E-state index in [9.17, 15) is 0 Å². The third-order valence-electron chi connectivity index (χ3n) is 4.08. The van der Waals surface area contributed by atoms with E-state index in [1.165, 1.54) is 0 Å². The van der Waals surface area contributed by atoms with Crippen LogP contribution in [0.2, 0.25) is 5.02 Å². The summed E-state index contributed by atoms with van der Waals surface area (Å²) in [5, 5.41) is 0.665. The number of hydrogen-bond donors (Lipinski definition) is 0. The van der Waals surface area contributed by atoms with Crippen molar-refractivity contribution < 1.29 is 9.47 Å². The van der Waals surface area contributed by atoms with E-state index < -0.39 is 0 Å². The maximum atomic E-state index is 6.08. The van der Waals surface area contributed by atoms with Gasteiger partial charge in [-0.2, -0.15) is 0 Å². The lowest BCUT2D eigenvalue weighted by atomic mass is 10.2. The van der Waals surface area contributed by atoms with Crippen molar-refractivity contribution in [3.63, 3.8) is 0 Å². The molecule has 3 aromatic carbocycles. The fourth-order valence-corrected chi connectivity index (χ4v) is 3.40. The van der Waals surface area contributed by atoms with Crippen molar-refractivity contribution in [3.8, 4) is 11.5 Å². The van der Waals surface area contributed by atoms with Gasteiger partial charge in [0.15, 0.2) is 11.5 Å². The summed E-state index contributed by atoms with van der Waals surface area (Å²) < 4.78 is 12.6. The van der Waals surface area contributed by atoms with Crippen molar-refractivity contribution in [3.05, 3.63) is 86.8 Å². The average molecular weight is 459 g/mol. The first-order chi connectivity index (χ1) is 13.6. The SMILES string of the molecule is CCOc1cc(C=Nc2cc(Cl)ccc2C)cc(Br)c1OCc1ccccc1. The minimum absolute atomic E-state index is 0.467. The highest BCUT2D eigenvalue weighted by molar-refractivity contribution is 9.10. The van der Waals surface area contributed by atoms with Crippen molar-refractivity contribution in [2.24, 2.45) is 4.99 Å². The topological polar surface area (TPSA) is 30.8 Å². The van der Waals surface area contributed by atoms with Crippen LogP contribution in [0.5, 0.6) is 11.5 Å². The second-order valence-corrected chi connectivity index (χ2v) is 7.52. The fraction of sp³-hybridized carbons (Fsp3) is 0.174. The molecule has 0 aromatic heterocycles. The van der Waals surface area contributed by atoms with Gasteiger partial charge >= 0.3 is 0 Å². The maximum Gasteiger partial charge on any atom is 0.175 e. The van der Waals surface area contributed by atoms with Crippen molar-refractivity contribution >= 4 is 39.4 Å². The Bertz CT molecular complexity index is 974. The molecule has 0 aliphatic rings. The van der Waals surface area contributed by atoms with Gasteiger partial charge in [-0.3, -0.25) is 4.99 Å². The molecule has 0 aliphatic heterocycles. The highest BCUT2D eigenvalue weighted by Gasteiger charge is 2.12. The molecule has 0 heterocycles. The largest absolute Gasteiger partial charge is 0.490 e. The Balaban J connectivity index is 1.85. The molecule has 0 saturated carbocycles. The molecule has 0 saturated heterocycles. The van der Waals surface area contributed by atoms with Gasteiger partial charge in [0.1, 0.15) is 6.61 Å². The van der Waals surface area contributed by atoms with Gasteiger partial charge < -0.3 is 9.47 Å². The molecule has 0 spiro atoms. The van der Waals surface area contributed by atoms with E-state index in [1.807, 2.05) is 74.5 Å². The predicted octanol–water partition coefficient (Wildman–Crippen LogP) is 7.14. The monoisotopic (exact) mass is 457 g/mol. The fourth-order valence-electron chi connectivity index (χ4n) is 2.66. The Morgan fingerprint density at radius 2 is 1.82 bits per heavy atom. The third-order valence-corrected chi connectivity index (χ3v) is 4.91. The van der Waals surface area contributed by atoms with Crippen molar-refractivity contribution in [1.29, 1.82) is 0 Å². The lowest BCUT2D eigenvalue weighted by Crippen LogP contribution is -2.01. The van der Waals surface area contributed by atoms with E-state index in [2.05, 4.69) is 20.9 Å². The van der Waals surface area contributed by atoms with E-state index >= 15 is 0 Å². The summed E-state index contributed by atoms with van der Waals surface area (Å²) in [4.78, 5) is 4.58. The number of nitrogens with zero attached hydrogens (tertiary/aromatic N) is 1. The van der Waals surface area contributed by atoms with Crippen LogP contribution >= 0.6 is 27.5 Å². The van der Waals surface area contributed by atoms with Crippen LogP contribution in [0, 0.1) is 6.92 Å². The van der Waals surface area contributed by atoms with Gasteiger partial charge in [-0.1, -0.05) is 48.0 Å². The number of halogens is 2. The van der Waals surface area contributed by atoms with Crippen LogP contribution in [-0.4, -0.2) is 12.8 Å². The molecule has 28 heavy (non-hydrogen) atoms. The van der Waals surface area contributed by atoms with E-state index in [-0.39, 0.29) is 0 Å². The van der Waals surface area contributed by atoms with E-state index in [0.29, 0.717) is 29.7 Å². The molecule has 144 valence electrons. The second-order valence-electron chi connectivity index (χ2n) is 6.23. The van der Waals surface area contributed by atoms with E-state index in [0.717, 1.165) is 26.9 Å². The van der Waals surface area contributed by atoms with Crippen molar-refractivity contribution in [2.45, 2.75) is 20.5 Å². The molecule has 0 radical (unpaired) electrons.